The minimum absolute atomic E-state index is 0.0204. The number of carbonyl (C=O) groups is 1. The van der Waals surface area contributed by atoms with Gasteiger partial charge in [-0.15, -0.1) is 0 Å². The van der Waals surface area contributed by atoms with E-state index in [9.17, 15) is 9.18 Å². The van der Waals surface area contributed by atoms with Gasteiger partial charge in [-0.05, 0) is 44.0 Å². The van der Waals surface area contributed by atoms with E-state index in [1.807, 2.05) is 6.07 Å². The number of benzene rings is 1. The van der Waals surface area contributed by atoms with E-state index < -0.39 is 0 Å². The Labute approximate surface area is 101 Å². The molecule has 0 spiro atoms. The molecule has 1 aromatic rings. The Hall–Kier alpha value is -1.22. The van der Waals surface area contributed by atoms with Gasteiger partial charge in [0.05, 0.1) is 6.04 Å². The second-order valence-electron chi connectivity index (χ2n) is 4.72. The van der Waals surface area contributed by atoms with Gasteiger partial charge in [-0.3, -0.25) is 9.69 Å². The maximum absolute atomic E-state index is 13.1. The van der Waals surface area contributed by atoms with Crippen LogP contribution >= 0.6 is 0 Å². The Morgan fingerprint density at radius 3 is 3.00 bits per heavy atom. The molecule has 0 radical (unpaired) electrons. The Bertz CT molecular complexity index is 405. The summed E-state index contributed by atoms with van der Waals surface area (Å²) >= 11 is 0. The molecular formula is C14H18FNO. The molecule has 1 aliphatic rings. The number of Topliss-reactive ketones (excluding diaryl/α,β-unsaturated/α-hetero) is 1. The Morgan fingerprint density at radius 1 is 1.47 bits per heavy atom. The SMILES string of the molecule is CC(=O)C1CCCCN1Cc1cccc(F)c1. The third kappa shape index (κ3) is 3.13. The van der Waals surface area contributed by atoms with Crippen molar-refractivity contribution in [2.75, 3.05) is 6.54 Å². The molecule has 1 aromatic carbocycles. The van der Waals surface area contributed by atoms with Crippen LogP contribution in [0.2, 0.25) is 0 Å². The van der Waals surface area contributed by atoms with E-state index in [1.54, 1.807) is 19.1 Å². The molecule has 0 N–H and O–H groups in total. The zero-order valence-electron chi connectivity index (χ0n) is 10.2. The zero-order chi connectivity index (χ0) is 12.3. The molecule has 0 bridgehead atoms. The topological polar surface area (TPSA) is 20.3 Å². The van der Waals surface area contributed by atoms with Gasteiger partial charge >= 0.3 is 0 Å². The van der Waals surface area contributed by atoms with Crippen molar-refractivity contribution in [1.82, 2.24) is 4.90 Å². The molecule has 3 heteroatoms. The molecule has 2 rings (SSSR count). The van der Waals surface area contributed by atoms with E-state index in [0.29, 0.717) is 6.54 Å². The molecule has 1 aliphatic heterocycles. The summed E-state index contributed by atoms with van der Waals surface area (Å²) in [7, 11) is 0. The summed E-state index contributed by atoms with van der Waals surface area (Å²) in [5.41, 5.74) is 0.943. The molecule has 2 nitrogen and oxygen atoms in total. The van der Waals surface area contributed by atoms with E-state index in [2.05, 4.69) is 4.90 Å². The van der Waals surface area contributed by atoms with E-state index in [1.165, 1.54) is 6.07 Å². The van der Waals surface area contributed by atoms with E-state index in [0.717, 1.165) is 31.4 Å². The highest BCUT2D eigenvalue weighted by molar-refractivity contribution is 5.81. The predicted molar refractivity (Wildman–Crippen MR) is 65.1 cm³/mol. The molecule has 92 valence electrons. The average molecular weight is 235 g/mol. The minimum Gasteiger partial charge on any atom is -0.298 e. The maximum Gasteiger partial charge on any atom is 0.146 e. The van der Waals surface area contributed by atoms with Gasteiger partial charge in [0.1, 0.15) is 11.6 Å². The number of hydrogen-bond donors (Lipinski definition) is 0. The molecular weight excluding hydrogens is 217 g/mol. The first-order chi connectivity index (χ1) is 8.16. The fraction of sp³-hybridized carbons (Fsp3) is 0.500. The van der Waals surface area contributed by atoms with Gasteiger partial charge in [0.25, 0.3) is 0 Å². The number of hydrogen-bond acceptors (Lipinski definition) is 2. The highest BCUT2D eigenvalue weighted by Crippen LogP contribution is 2.20. The van der Waals surface area contributed by atoms with Gasteiger partial charge < -0.3 is 0 Å². The van der Waals surface area contributed by atoms with E-state index in [-0.39, 0.29) is 17.6 Å². The van der Waals surface area contributed by atoms with Crippen LogP contribution in [0.3, 0.4) is 0 Å². The molecule has 1 fully saturated rings. The first-order valence-electron chi connectivity index (χ1n) is 6.16. The first kappa shape index (κ1) is 12.2. The van der Waals surface area contributed by atoms with Crippen LogP contribution in [0.4, 0.5) is 4.39 Å². The van der Waals surface area contributed by atoms with Crippen LogP contribution in [0.25, 0.3) is 0 Å². The number of carbonyl (C=O) groups excluding carboxylic acids is 1. The molecule has 0 amide bonds. The van der Waals surface area contributed by atoms with Crippen molar-refractivity contribution < 1.29 is 9.18 Å². The molecule has 0 saturated carbocycles. The summed E-state index contributed by atoms with van der Waals surface area (Å²) in [5, 5.41) is 0. The molecule has 0 aliphatic carbocycles. The highest BCUT2D eigenvalue weighted by Gasteiger charge is 2.25. The third-order valence-corrected chi connectivity index (χ3v) is 3.36. The fourth-order valence-corrected chi connectivity index (χ4v) is 2.51. The maximum atomic E-state index is 13.1. The molecule has 1 unspecified atom stereocenters. The summed E-state index contributed by atoms with van der Waals surface area (Å²) < 4.78 is 13.1. The lowest BCUT2D eigenvalue weighted by Gasteiger charge is -2.34. The van der Waals surface area contributed by atoms with Crippen molar-refractivity contribution in [2.24, 2.45) is 0 Å². The molecule has 1 heterocycles. The van der Waals surface area contributed by atoms with Gasteiger partial charge in [0, 0.05) is 6.54 Å². The van der Waals surface area contributed by atoms with Crippen molar-refractivity contribution in [1.29, 1.82) is 0 Å². The largest absolute Gasteiger partial charge is 0.298 e. The van der Waals surface area contributed by atoms with Gasteiger partial charge in [0.15, 0.2) is 0 Å². The van der Waals surface area contributed by atoms with Gasteiger partial charge in [-0.1, -0.05) is 18.6 Å². The third-order valence-electron chi connectivity index (χ3n) is 3.36. The summed E-state index contributed by atoms with van der Waals surface area (Å²) in [6.45, 7) is 3.25. The summed E-state index contributed by atoms with van der Waals surface area (Å²) in [6.07, 6.45) is 3.17. The second kappa shape index (κ2) is 5.41. The smallest absolute Gasteiger partial charge is 0.146 e. The van der Waals surface area contributed by atoms with E-state index >= 15 is 0 Å². The average Bonchev–Trinajstić information content (AvgIpc) is 2.29. The van der Waals surface area contributed by atoms with Crippen LogP contribution in [-0.2, 0) is 11.3 Å². The van der Waals surface area contributed by atoms with Gasteiger partial charge in [-0.2, -0.15) is 0 Å². The number of likely N-dealkylation sites (tertiary alicyclic amines) is 1. The van der Waals surface area contributed by atoms with Crippen LogP contribution in [0, 0.1) is 5.82 Å². The minimum atomic E-state index is -0.209. The highest BCUT2D eigenvalue weighted by atomic mass is 19.1. The number of halogens is 1. The lowest BCUT2D eigenvalue weighted by molar-refractivity contribution is -0.123. The summed E-state index contributed by atoms with van der Waals surface area (Å²) in [6, 6.07) is 6.65. The summed E-state index contributed by atoms with van der Waals surface area (Å²) in [4.78, 5) is 13.7. The van der Waals surface area contributed by atoms with Crippen LogP contribution < -0.4 is 0 Å². The van der Waals surface area contributed by atoms with Crippen LogP contribution in [0.1, 0.15) is 31.7 Å². The Morgan fingerprint density at radius 2 is 2.29 bits per heavy atom. The van der Waals surface area contributed by atoms with Crippen LogP contribution in [0.15, 0.2) is 24.3 Å². The summed E-state index contributed by atoms with van der Waals surface area (Å²) in [5.74, 6) is 0.0139. The molecule has 0 aromatic heterocycles. The van der Waals surface area contributed by atoms with E-state index in [4.69, 9.17) is 0 Å². The van der Waals surface area contributed by atoms with Crippen molar-refractivity contribution >= 4 is 5.78 Å². The van der Waals surface area contributed by atoms with Gasteiger partial charge in [-0.25, -0.2) is 4.39 Å². The first-order valence-corrected chi connectivity index (χ1v) is 6.16. The number of nitrogens with zero attached hydrogens (tertiary/aromatic N) is 1. The van der Waals surface area contributed by atoms with Crippen LogP contribution in [-0.4, -0.2) is 23.3 Å². The van der Waals surface area contributed by atoms with Crippen LogP contribution in [0.5, 0.6) is 0 Å². The number of piperidine rings is 1. The zero-order valence-corrected chi connectivity index (χ0v) is 10.2. The quantitative estimate of drug-likeness (QED) is 0.803. The Balaban J connectivity index is 2.08. The predicted octanol–water partition coefficient (Wildman–Crippen LogP) is 2.77. The van der Waals surface area contributed by atoms with Crippen molar-refractivity contribution in [3.63, 3.8) is 0 Å². The van der Waals surface area contributed by atoms with Crippen molar-refractivity contribution in [3.05, 3.63) is 35.6 Å². The number of ketones is 1. The standard InChI is InChI=1S/C14H18FNO/c1-11(17)14-7-2-3-8-16(14)10-12-5-4-6-13(15)9-12/h4-6,9,14H,2-3,7-8,10H2,1H3. The van der Waals surface area contributed by atoms with Crippen molar-refractivity contribution in [3.8, 4) is 0 Å². The monoisotopic (exact) mass is 235 g/mol. The van der Waals surface area contributed by atoms with Gasteiger partial charge in [0.2, 0.25) is 0 Å². The fourth-order valence-electron chi connectivity index (χ4n) is 2.51. The molecule has 1 saturated heterocycles. The lowest BCUT2D eigenvalue weighted by atomic mass is 9.98. The number of rotatable bonds is 3. The second-order valence-corrected chi connectivity index (χ2v) is 4.72. The molecule has 17 heavy (non-hydrogen) atoms. The van der Waals surface area contributed by atoms with Crippen molar-refractivity contribution in [2.45, 2.75) is 38.8 Å². The molecule has 1 atom stereocenters. The lowest BCUT2D eigenvalue weighted by Crippen LogP contribution is -2.43. The Kier molecular flexibility index (Phi) is 3.89. The normalized spacial score (nSPS) is 21.4.